The number of rotatable bonds is 12. The lowest BCUT2D eigenvalue weighted by molar-refractivity contribution is -0.119. The summed E-state index contributed by atoms with van der Waals surface area (Å²) < 4.78 is 16.8. The van der Waals surface area contributed by atoms with Gasteiger partial charge in [0.1, 0.15) is 18.2 Å². The standard InChI is InChI=1S/C40H44N4O7/c1-40(2,3)51-39(48)44-23-21-43(22-24-44)32-19-20-33(36(45)31-17-11-6-12-18-31)34(25-32)41-37(46)35(28-49-26-29-13-7-4-8-14-29)42-38(47)50-27-30-15-9-5-10-16-30/h4-20,25,35H,21-24,26-28H2,1-3H3,(H,41,46)(H,42,47)/t35-/m0/s1. The predicted molar refractivity (Wildman–Crippen MR) is 195 cm³/mol. The molecule has 0 saturated carbocycles. The van der Waals surface area contributed by atoms with Crippen molar-refractivity contribution in [3.05, 3.63) is 131 Å². The van der Waals surface area contributed by atoms with Crippen LogP contribution in [0.15, 0.2) is 109 Å². The Balaban J connectivity index is 1.35. The third kappa shape index (κ3) is 10.9. The number of alkyl carbamates (subject to hydrolysis) is 1. The Labute approximate surface area is 298 Å². The number of piperazine rings is 1. The smallest absolute Gasteiger partial charge is 0.410 e. The molecule has 4 aromatic rings. The molecule has 51 heavy (non-hydrogen) atoms. The second kappa shape index (κ2) is 17.3. The van der Waals surface area contributed by atoms with Gasteiger partial charge in [-0.1, -0.05) is 91.0 Å². The van der Waals surface area contributed by atoms with E-state index in [0.29, 0.717) is 31.7 Å². The normalized spacial score (nSPS) is 13.5. The Morgan fingerprint density at radius 3 is 1.94 bits per heavy atom. The van der Waals surface area contributed by atoms with Crippen molar-refractivity contribution in [3.63, 3.8) is 0 Å². The monoisotopic (exact) mass is 692 g/mol. The minimum atomic E-state index is -1.15. The van der Waals surface area contributed by atoms with E-state index in [1.807, 2.05) is 93.6 Å². The third-order valence-electron chi connectivity index (χ3n) is 8.06. The first-order chi connectivity index (χ1) is 24.6. The molecule has 0 radical (unpaired) electrons. The molecule has 4 aromatic carbocycles. The van der Waals surface area contributed by atoms with E-state index < -0.39 is 23.6 Å². The number of ketones is 1. The number of nitrogens with one attached hydrogen (secondary N) is 2. The van der Waals surface area contributed by atoms with Crippen LogP contribution >= 0.6 is 0 Å². The van der Waals surface area contributed by atoms with Crippen LogP contribution in [0, 0.1) is 0 Å². The fourth-order valence-electron chi connectivity index (χ4n) is 5.43. The quantitative estimate of drug-likeness (QED) is 0.163. The van der Waals surface area contributed by atoms with Crippen LogP contribution in [0.2, 0.25) is 0 Å². The first-order valence-corrected chi connectivity index (χ1v) is 16.9. The van der Waals surface area contributed by atoms with E-state index in [4.69, 9.17) is 14.2 Å². The Bertz CT molecular complexity index is 1770. The first-order valence-electron chi connectivity index (χ1n) is 16.9. The molecule has 1 aliphatic heterocycles. The summed E-state index contributed by atoms with van der Waals surface area (Å²) in [5, 5.41) is 5.54. The van der Waals surface area contributed by atoms with Crippen LogP contribution in [-0.4, -0.2) is 73.2 Å². The number of anilines is 2. The molecular formula is C40H44N4O7. The molecule has 266 valence electrons. The summed E-state index contributed by atoms with van der Waals surface area (Å²) in [6.07, 6.45) is -1.16. The highest BCUT2D eigenvalue weighted by atomic mass is 16.6. The molecule has 0 aromatic heterocycles. The van der Waals surface area contributed by atoms with Gasteiger partial charge in [0.15, 0.2) is 5.78 Å². The van der Waals surface area contributed by atoms with Crippen LogP contribution in [0.1, 0.15) is 47.8 Å². The van der Waals surface area contributed by atoms with E-state index in [-0.39, 0.29) is 42.9 Å². The summed E-state index contributed by atoms with van der Waals surface area (Å²) in [6, 6.07) is 31.6. The number of amides is 3. The Hall–Kier alpha value is -5.68. The van der Waals surface area contributed by atoms with Crippen LogP contribution in [0.5, 0.6) is 0 Å². The van der Waals surface area contributed by atoms with Crippen molar-refractivity contribution in [3.8, 4) is 0 Å². The molecular weight excluding hydrogens is 648 g/mol. The minimum Gasteiger partial charge on any atom is -0.445 e. The summed E-state index contributed by atoms with van der Waals surface area (Å²) in [5.74, 6) is -0.868. The van der Waals surface area contributed by atoms with Crippen molar-refractivity contribution in [1.29, 1.82) is 0 Å². The zero-order chi connectivity index (χ0) is 36.2. The van der Waals surface area contributed by atoms with Gasteiger partial charge in [0.2, 0.25) is 5.91 Å². The average molecular weight is 693 g/mol. The topological polar surface area (TPSA) is 127 Å². The van der Waals surface area contributed by atoms with Gasteiger partial charge in [0.05, 0.1) is 18.9 Å². The average Bonchev–Trinajstić information content (AvgIpc) is 3.14. The van der Waals surface area contributed by atoms with Crippen LogP contribution in [0.4, 0.5) is 21.0 Å². The molecule has 0 bridgehead atoms. The van der Waals surface area contributed by atoms with Crippen molar-refractivity contribution in [2.45, 2.75) is 45.6 Å². The van der Waals surface area contributed by atoms with Gasteiger partial charge in [-0.3, -0.25) is 9.59 Å². The maximum atomic E-state index is 14.0. The van der Waals surface area contributed by atoms with Crippen molar-refractivity contribution >= 4 is 35.3 Å². The van der Waals surface area contributed by atoms with Crippen LogP contribution in [0.25, 0.3) is 0 Å². The van der Waals surface area contributed by atoms with Crippen LogP contribution < -0.4 is 15.5 Å². The van der Waals surface area contributed by atoms with Crippen molar-refractivity contribution in [1.82, 2.24) is 10.2 Å². The highest BCUT2D eigenvalue weighted by molar-refractivity contribution is 6.14. The summed E-state index contributed by atoms with van der Waals surface area (Å²) in [5.41, 5.74) is 2.86. The molecule has 1 aliphatic rings. The number of carbonyl (C=O) groups excluding carboxylic acids is 4. The summed E-state index contributed by atoms with van der Waals surface area (Å²) in [7, 11) is 0. The van der Waals surface area contributed by atoms with E-state index in [0.717, 1.165) is 16.8 Å². The van der Waals surface area contributed by atoms with Crippen molar-refractivity contribution in [2.75, 3.05) is 43.0 Å². The van der Waals surface area contributed by atoms with Gasteiger partial charge in [0, 0.05) is 43.0 Å². The Morgan fingerprint density at radius 2 is 1.33 bits per heavy atom. The van der Waals surface area contributed by atoms with Crippen molar-refractivity contribution in [2.24, 2.45) is 0 Å². The highest BCUT2D eigenvalue weighted by Gasteiger charge is 2.28. The van der Waals surface area contributed by atoms with Gasteiger partial charge in [-0.15, -0.1) is 0 Å². The van der Waals surface area contributed by atoms with Gasteiger partial charge < -0.3 is 34.6 Å². The lowest BCUT2D eigenvalue weighted by Crippen LogP contribution is -2.50. The Morgan fingerprint density at radius 1 is 0.745 bits per heavy atom. The predicted octanol–water partition coefficient (Wildman–Crippen LogP) is 6.43. The maximum absolute atomic E-state index is 14.0. The number of hydrogen-bond acceptors (Lipinski definition) is 8. The number of hydrogen-bond donors (Lipinski definition) is 2. The molecule has 1 heterocycles. The fraction of sp³-hybridized carbons (Fsp3) is 0.300. The van der Waals surface area contributed by atoms with E-state index in [1.54, 1.807) is 41.3 Å². The molecule has 1 atom stereocenters. The first kappa shape index (κ1) is 36.6. The molecule has 11 heteroatoms. The van der Waals surface area contributed by atoms with Gasteiger partial charge in [-0.2, -0.15) is 0 Å². The fourth-order valence-corrected chi connectivity index (χ4v) is 5.43. The number of nitrogens with zero attached hydrogens (tertiary/aromatic N) is 2. The molecule has 5 rings (SSSR count). The van der Waals surface area contributed by atoms with Gasteiger partial charge in [0.25, 0.3) is 0 Å². The lowest BCUT2D eigenvalue weighted by Gasteiger charge is -2.37. The second-order valence-electron chi connectivity index (χ2n) is 13.1. The van der Waals surface area contributed by atoms with E-state index >= 15 is 0 Å². The summed E-state index contributed by atoms with van der Waals surface area (Å²) in [6.45, 7) is 7.49. The molecule has 2 N–H and O–H groups in total. The van der Waals surface area contributed by atoms with E-state index in [2.05, 4.69) is 15.5 Å². The number of benzene rings is 4. The number of ether oxygens (including phenoxy) is 3. The maximum Gasteiger partial charge on any atom is 0.410 e. The SMILES string of the molecule is CC(C)(C)OC(=O)N1CCN(c2ccc(C(=O)c3ccccc3)c(NC(=O)[C@H](COCc3ccccc3)NC(=O)OCc3ccccc3)c2)CC1. The largest absolute Gasteiger partial charge is 0.445 e. The second-order valence-corrected chi connectivity index (χ2v) is 13.1. The van der Waals surface area contributed by atoms with Gasteiger partial charge in [-0.25, -0.2) is 9.59 Å². The zero-order valence-electron chi connectivity index (χ0n) is 29.2. The summed E-state index contributed by atoms with van der Waals surface area (Å²) in [4.78, 5) is 57.0. The summed E-state index contributed by atoms with van der Waals surface area (Å²) >= 11 is 0. The molecule has 3 amide bonds. The van der Waals surface area contributed by atoms with Crippen LogP contribution in [0.3, 0.4) is 0 Å². The molecule has 1 fully saturated rings. The van der Waals surface area contributed by atoms with Crippen molar-refractivity contribution < 1.29 is 33.4 Å². The van der Waals surface area contributed by atoms with E-state index in [1.165, 1.54) is 0 Å². The molecule has 0 spiro atoms. The molecule has 11 nitrogen and oxygen atoms in total. The van der Waals surface area contributed by atoms with E-state index in [9.17, 15) is 19.2 Å². The number of carbonyl (C=O) groups is 4. The molecule has 0 unspecified atom stereocenters. The zero-order valence-corrected chi connectivity index (χ0v) is 29.2. The van der Waals surface area contributed by atoms with Crippen LogP contribution in [-0.2, 0) is 32.2 Å². The van der Waals surface area contributed by atoms with Gasteiger partial charge in [-0.05, 0) is 50.1 Å². The highest BCUT2D eigenvalue weighted by Crippen LogP contribution is 2.28. The third-order valence-corrected chi connectivity index (χ3v) is 8.06. The molecule has 1 saturated heterocycles. The van der Waals surface area contributed by atoms with Gasteiger partial charge >= 0.3 is 12.2 Å². The molecule has 0 aliphatic carbocycles. The minimum absolute atomic E-state index is 0.0187. The Kier molecular flexibility index (Phi) is 12.4. The lowest BCUT2D eigenvalue weighted by atomic mass is 10.0.